The van der Waals surface area contributed by atoms with Crippen LogP contribution in [0.2, 0.25) is 0 Å². The molecule has 0 saturated carbocycles. The van der Waals surface area contributed by atoms with Crippen molar-refractivity contribution < 1.29 is 9.53 Å². The second-order valence-corrected chi connectivity index (χ2v) is 10.3. The zero-order valence-electron chi connectivity index (χ0n) is 22.0. The Labute approximate surface area is 211 Å². The molecule has 0 aromatic heterocycles. The van der Waals surface area contributed by atoms with Gasteiger partial charge >= 0.3 is 0 Å². The highest BCUT2D eigenvalue weighted by Crippen LogP contribution is 2.24. The molecule has 1 atom stereocenters. The maximum atomic E-state index is 13.6. The Morgan fingerprint density at radius 1 is 0.857 bits per heavy atom. The van der Waals surface area contributed by atoms with Gasteiger partial charge in [0.1, 0.15) is 12.4 Å². The van der Waals surface area contributed by atoms with Crippen molar-refractivity contribution >= 4 is 5.91 Å². The van der Waals surface area contributed by atoms with Gasteiger partial charge in [-0.15, -0.1) is 0 Å². The SMILES string of the molecule is CCCc1ccc(COc2ccccc2)cc1C(=O)NC(CC(C)C)c1ccc(CC(C)C)cc1. The number of ether oxygens (including phenoxy) is 1. The van der Waals surface area contributed by atoms with E-state index in [0.717, 1.165) is 48.1 Å². The molecule has 0 aliphatic carbocycles. The maximum absolute atomic E-state index is 13.6. The number of amides is 1. The summed E-state index contributed by atoms with van der Waals surface area (Å²) >= 11 is 0. The van der Waals surface area contributed by atoms with Crippen LogP contribution in [0.15, 0.2) is 72.8 Å². The molecule has 0 aliphatic heterocycles. The molecule has 0 heterocycles. The largest absolute Gasteiger partial charge is 0.489 e. The number of carbonyl (C=O) groups is 1. The van der Waals surface area contributed by atoms with Gasteiger partial charge in [0.05, 0.1) is 6.04 Å². The average molecular weight is 472 g/mol. The molecule has 0 spiro atoms. The smallest absolute Gasteiger partial charge is 0.252 e. The summed E-state index contributed by atoms with van der Waals surface area (Å²) in [5.74, 6) is 1.92. The van der Waals surface area contributed by atoms with Crippen molar-refractivity contribution in [2.45, 2.75) is 73.0 Å². The van der Waals surface area contributed by atoms with Gasteiger partial charge in [0.15, 0.2) is 0 Å². The van der Waals surface area contributed by atoms with Crippen molar-refractivity contribution in [3.8, 4) is 5.75 Å². The zero-order chi connectivity index (χ0) is 25.2. The van der Waals surface area contributed by atoms with Crippen LogP contribution in [0.3, 0.4) is 0 Å². The van der Waals surface area contributed by atoms with Crippen molar-refractivity contribution in [3.05, 3.63) is 101 Å². The number of benzene rings is 3. The fourth-order valence-electron chi connectivity index (χ4n) is 4.44. The van der Waals surface area contributed by atoms with Crippen LogP contribution in [-0.2, 0) is 19.4 Å². The second-order valence-electron chi connectivity index (χ2n) is 10.3. The van der Waals surface area contributed by atoms with E-state index in [4.69, 9.17) is 4.74 Å². The number of nitrogens with one attached hydrogen (secondary N) is 1. The van der Waals surface area contributed by atoms with E-state index >= 15 is 0 Å². The van der Waals surface area contributed by atoms with Crippen LogP contribution in [0.1, 0.15) is 86.1 Å². The third-order valence-electron chi connectivity index (χ3n) is 6.13. The number of para-hydroxylation sites is 1. The molecule has 0 bridgehead atoms. The Hall–Kier alpha value is -3.07. The van der Waals surface area contributed by atoms with Gasteiger partial charge in [-0.25, -0.2) is 0 Å². The molecule has 0 fully saturated rings. The normalized spacial score (nSPS) is 12.1. The molecule has 3 aromatic rings. The molecule has 0 radical (unpaired) electrons. The lowest BCUT2D eigenvalue weighted by molar-refractivity contribution is 0.0931. The summed E-state index contributed by atoms with van der Waals surface area (Å²) in [5.41, 5.74) is 5.35. The summed E-state index contributed by atoms with van der Waals surface area (Å²) in [6.45, 7) is 11.5. The predicted molar refractivity (Wildman–Crippen MR) is 146 cm³/mol. The molecular formula is C32H41NO2. The maximum Gasteiger partial charge on any atom is 0.252 e. The molecule has 1 unspecified atom stereocenters. The van der Waals surface area contributed by atoms with Crippen LogP contribution in [0.5, 0.6) is 5.75 Å². The van der Waals surface area contributed by atoms with E-state index in [1.807, 2.05) is 36.4 Å². The molecule has 1 N–H and O–H groups in total. The summed E-state index contributed by atoms with van der Waals surface area (Å²) < 4.78 is 5.94. The van der Waals surface area contributed by atoms with E-state index in [1.165, 1.54) is 11.1 Å². The first-order valence-corrected chi connectivity index (χ1v) is 13.0. The fraction of sp³-hybridized carbons (Fsp3) is 0.406. The topological polar surface area (TPSA) is 38.3 Å². The number of hydrogen-bond acceptors (Lipinski definition) is 2. The predicted octanol–water partition coefficient (Wildman–Crippen LogP) is 7.93. The first-order chi connectivity index (χ1) is 16.9. The minimum atomic E-state index is -0.0192. The van der Waals surface area contributed by atoms with Gasteiger partial charge < -0.3 is 10.1 Å². The van der Waals surface area contributed by atoms with E-state index in [0.29, 0.717) is 18.4 Å². The minimum Gasteiger partial charge on any atom is -0.489 e. The van der Waals surface area contributed by atoms with Crippen LogP contribution in [0, 0.1) is 11.8 Å². The Morgan fingerprint density at radius 3 is 2.17 bits per heavy atom. The lowest BCUT2D eigenvalue weighted by atomic mass is 9.93. The van der Waals surface area contributed by atoms with Crippen molar-refractivity contribution in [2.24, 2.45) is 11.8 Å². The Bertz CT molecular complexity index is 1050. The lowest BCUT2D eigenvalue weighted by Gasteiger charge is -2.23. The van der Waals surface area contributed by atoms with Crippen molar-refractivity contribution in [2.75, 3.05) is 0 Å². The fourth-order valence-corrected chi connectivity index (χ4v) is 4.44. The van der Waals surface area contributed by atoms with Gasteiger partial charge in [0, 0.05) is 5.56 Å². The highest BCUT2D eigenvalue weighted by atomic mass is 16.5. The molecule has 3 rings (SSSR count). The first-order valence-electron chi connectivity index (χ1n) is 13.0. The monoisotopic (exact) mass is 471 g/mol. The second kappa shape index (κ2) is 13.1. The Balaban J connectivity index is 1.80. The summed E-state index contributed by atoms with van der Waals surface area (Å²) in [6.07, 6.45) is 3.84. The summed E-state index contributed by atoms with van der Waals surface area (Å²) in [4.78, 5) is 13.6. The quantitative estimate of drug-likeness (QED) is 0.291. The molecule has 3 nitrogen and oxygen atoms in total. The molecule has 3 heteroatoms. The van der Waals surface area contributed by atoms with Gasteiger partial charge in [-0.3, -0.25) is 4.79 Å². The van der Waals surface area contributed by atoms with Gasteiger partial charge in [-0.05, 0) is 71.6 Å². The summed E-state index contributed by atoms with van der Waals surface area (Å²) in [6, 6.07) is 24.7. The highest BCUT2D eigenvalue weighted by Gasteiger charge is 2.20. The lowest BCUT2D eigenvalue weighted by Crippen LogP contribution is -2.30. The molecule has 35 heavy (non-hydrogen) atoms. The third kappa shape index (κ3) is 8.28. The third-order valence-corrected chi connectivity index (χ3v) is 6.13. The molecule has 3 aromatic carbocycles. The van der Waals surface area contributed by atoms with Gasteiger partial charge in [-0.1, -0.05) is 95.6 Å². The molecule has 1 amide bonds. The number of aryl methyl sites for hydroxylation is 1. The van der Waals surface area contributed by atoms with Gasteiger partial charge in [0.2, 0.25) is 0 Å². The van der Waals surface area contributed by atoms with Crippen LogP contribution >= 0.6 is 0 Å². The molecule has 0 aliphatic rings. The number of carbonyl (C=O) groups excluding carboxylic acids is 1. The minimum absolute atomic E-state index is 0.00748. The van der Waals surface area contributed by atoms with Gasteiger partial charge in [-0.2, -0.15) is 0 Å². The summed E-state index contributed by atoms with van der Waals surface area (Å²) in [5, 5.41) is 3.36. The van der Waals surface area contributed by atoms with Gasteiger partial charge in [0.25, 0.3) is 5.91 Å². The van der Waals surface area contributed by atoms with E-state index < -0.39 is 0 Å². The number of rotatable bonds is 12. The molecule has 186 valence electrons. The van der Waals surface area contributed by atoms with E-state index in [-0.39, 0.29) is 11.9 Å². The first kappa shape index (κ1) is 26.5. The van der Waals surface area contributed by atoms with Crippen LogP contribution < -0.4 is 10.1 Å². The van der Waals surface area contributed by atoms with Crippen LogP contribution in [-0.4, -0.2) is 5.91 Å². The van der Waals surface area contributed by atoms with E-state index in [9.17, 15) is 4.79 Å². The van der Waals surface area contributed by atoms with Crippen LogP contribution in [0.4, 0.5) is 0 Å². The zero-order valence-corrected chi connectivity index (χ0v) is 22.0. The summed E-state index contributed by atoms with van der Waals surface area (Å²) in [7, 11) is 0. The average Bonchev–Trinajstić information content (AvgIpc) is 2.83. The van der Waals surface area contributed by atoms with E-state index in [2.05, 4.69) is 76.3 Å². The number of hydrogen-bond donors (Lipinski definition) is 1. The standard InChI is InChI=1S/C32H41NO2/c1-6-10-27-16-15-26(22-35-29-11-8-7-9-12-29)21-30(27)32(34)33-31(20-24(4)5)28-17-13-25(14-18-28)19-23(2)3/h7-9,11-18,21,23-24,31H,6,10,19-20,22H2,1-5H3,(H,33,34). The van der Waals surface area contributed by atoms with Crippen molar-refractivity contribution in [1.82, 2.24) is 5.32 Å². The Morgan fingerprint density at radius 2 is 1.54 bits per heavy atom. The molecular weight excluding hydrogens is 430 g/mol. The highest BCUT2D eigenvalue weighted by molar-refractivity contribution is 5.96. The Kier molecular flexibility index (Phi) is 9.96. The molecule has 0 saturated heterocycles. The van der Waals surface area contributed by atoms with E-state index in [1.54, 1.807) is 0 Å². The van der Waals surface area contributed by atoms with Crippen molar-refractivity contribution in [1.29, 1.82) is 0 Å². The van der Waals surface area contributed by atoms with Crippen LogP contribution in [0.25, 0.3) is 0 Å². The van der Waals surface area contributed by atoms with Crippen molar-refractivity contribution in [3.63, 3.8) is 0 Å².